The quantitative estimate of drug-likeness (QED) is 0.861. The summed E-state index contributed by atoms with van der Waals surface area (Å²) in [7, 11) is 1.52. The number of carboxylic acids is 1. The number of carbonyl (C=O) groups excluding carboxylic acids is 1. The van der Waals surface area contributed by atoms with Gasteiger partial charge in [0, 0.05) is 11.4 Å². The summed E-state index contributed by atoms with van der Waals surface area (Å²) in [5.74, 6) is -0.672. The molecule has 0 bridgehead atoms. The summed E-state index contributed by atoms with van der Waals surface area (Å²) in [4.78, 5) is 23.8. The number of aliphatic carboxylic acids is 1. The second-order valence-electron chi connectivity index (χ2n) is 4.61. The third-order valence-electron chi connectivity index (χ3n) is 3.28. The predicted octanol–water partition coefficient (Wildman–Crippen LogP) is 0.976. The number of nitrogens with one attached hydrogen (secondary N) is 1. The highest BCUT2D eigenvalue weighted by atomic mass is 32.1. The minimum absolute atomic E-state index is 0.0983. The number of ether oxygens (including phenoxy) is 2. The number of hydrogen-bond acceptors (Lipinski definition) is 5. The van der Waals surface area contributed by atoms with Crippen molar-refractivity contribution in [1.82, 2.24) is 5.32 Å². The van der Waals surface area contributed by atoms with Crippen LogP contribution in [0.2, 0.25) is 0 Å². The molecule has 1 aliphatic rings. The van der Waals surface area contributed by atoms with Gasteiger partial charge in [-0.25, -0.2) is 0 Å². The standard InChI is InChI=1S/C12H15NO5S/c1-12(11(15)16)6-18-4-9(12)13-10(14)8-3-7(17-2)5-19-8/h3,5,9H,4,6H2,1-2H3,(H,13,14)(H,15,16). The smallest absolute Gasteiger partial charge is 0.313 e. The molecule has 2 atom stereocenters. The van der Waals surface area contributed by atoms with E-state index in [9.17, 15) is 14.7 Å². The summed E-state index contributed by atoms with van der Waals surface area (Å²) in [5, 5.41) is 13.7. The van der Waals surface area contributed by atoms with E-state index < -0.39 is 17.4 Å². The molecule has 7 heteroatoms. The first-order chi connectivity index (χ1) is 8.97. The molecule has 0 aliphatic carbocycles. The maximum atomic E-state index is 12.0. The Labute approximate surface area is 114 Å². The zero-order valence-electron chi connectivity index (χ0n) is 10.6. The van der Waals surface area contributed by atoms with Crippen molar-refractivity contribution < 1.29 is 24.2 Å². The van der Waals surface area contributed by atoms with Gasteiger partial charge in [0.15, 0.2) is 0 Å². The molecule has 1 aliphatic heterocycles. The summed E-state index contributed by atoms with van der Waals surface area (Å²) in [6, 6.07) is 1.08. The van der Waals surface area contributed by atoms with Gasteiger partial charge in [-0.1, -0.05) is 0 Å². The third kappa shape index (κ3) is 2.57. The molecule has 1 fully saturated rings. The van der Waals surface area contributed by atoms with E-state index >= 15 is 0 Å². The lowest BCUT2D eigenvalue weighted by Crippen LogP contribution is -2.49. The Bertz CT molecular complexity index is 500. The number of methoxy groups -OCH3 is 1. The van der Waals surface area contributed by atoms with Gasteiger partial charge in [0.05, 0.1) is 31.2 Å². The lowest BCUT2D eigenvalue weighted by molar-refractivity contribution is -0.148. The average Bonchev–Trinajstić information content (AvgIpc) is 2.97. The van der Waals surface area contributed by atoms with Crippen LogP contribution >= 0.6 is 11.3 Å². The molecule has 0 radical (unpaired) electrons. The largest absolute Gasteiger partial charge is 0.496 e. The lowest BCUT2D eigenvalue weighted by atomic mass is 9.85. The molecule has 1 amide bonds. The van der Waals surface area contributed by atoms with Crippen molar-refractivity contribution in [1.29, 1.82) is 0 Å². The van der Waals surface area contributed by atoms with Crippen LogP contribution in [0.3, 0.4) is 0 Å². The van der Waals surface area contributed by atoms with E-state index in [1.165, 1.54) is 18.4 Å². The molecule has 19 heavy (non-hydrogen) atoms. The second kappa shape index (κ2) is 5.18. The zero-order chi connectivity index (χ0) is 14.0. The van der Waals surface area contributed by atoms with Gasteiger partial charge < -0.3 is 19.9 Å². The number of hydrogen-bond donors (Lipinski definition) is 2. The van der Waals surface area contributed by atoms with E-state index in [0.29, 0.717) is 10.6 Å². The minimum Gasteiger partial charge on any atom is -0.496 e. The Kier molecular flexibility index (Phi) is 3.77. The van der Waals surface area contributed by atoms with Gasteiger partial charge >= 0.3 is 5.97 Å². The zero-order valence-corrected chi connectivity index (χ0v) is 11.5. The molecule has 104 valence electrons. The molecule has 2 rings (SSSR count). The summed E-state index contributed by atoms with van der Waals surface area (Å²) >= 11 is 1.25. The van der Waals surface area contributed by atoms with E-state index in [4.69, 9.17) is 9.47 Å². The van der Waals surface area contributed by atoms with Gasteiger partial charge in [0.25, 0.3) is 5.91 Å². The molecular weight excluding hydrogens is 270 g/mol. The fourth-order valence-electron chi connectivity index (χ4n) is 1.86. The average molecular weight is 285 g/mol. The molecule has 6 nitrogen and oxygen atoms in total. The van der Waals surface area contributed by atoms with Crippen LogP contribution in [0.1, 0.15) is 16.6 Å². The Balaban J connectivity index is 2.08. The van der Waals surface area contributed by atoms with Gasteiger partial charge in [-0.15, -0.1) is 11.3 Å². The van der Waals surface area contributed by atoms with Crippen LogP contribution in [0.25, 0.3) is 0 Å². The topological polar surface area (TPSA) is 84.9 Å². The van der Waals surface area contributed by atoms with E-state index in [1.54, 1.807) is 18.4 Å². The number of rotatable bonds is 4. The number of carbonyl (C=O) groups is 2. The normalized spacial score (nSPS) is 26.1. The molecule has 1 aromatic rings. The summed E-state index contributed by atoms with van der Waals surface area (Å²) < 4.78 is 10.2. The first-order valence-electron chi connectivity index (χ1n) is 5.72. The summed E-state index contributed by atoms with van der Waals surface area (Å²) in [5.41, 5.74) is -1.09. The van der Waals surface area contributed by atoms with Crippen molar-refractivity contribution in [3.05, 3.63) is 16.3 Å². The highest BCUT2D eigenvalue weighted by Gasteiger charge is 2.47. The predicted molar refractivity (Wildman–Crippen MR) is 68.7 cm³/mol. The summed E-state index contributed by atoms with van der Waals surface area (Å²) in [6.45, 7) is 1.88. The number of thiophene rings is 1. The Morgan fingerprint density at radius 2 is 2.37 bits per heavy atom. The maximum Gasteiger partial charge on any atom is 0.313 e. The van der Waals surface area contributed by atoms with E-state index in [0.717, 1.165) is 0 Å². The SMILES string of the molecule is COc1csc(C(=O)NC2COCC2(C)C(=O)O)c1. The van der Waals surface area contributed by atoms with E-state index in [2.05, 4.69) is 5.32 Å². The van der Waals surface area contributed by atoms with Crippen molar-refractivity contribution >= 4 is 23.2 Å². The molecule has 0 spiro atoms. The molecule has 2 heterocycles. The first kappa shape index (κ1) is 13.8. The Hall–Kier alpha value is -1.60. The molecular formula is C12H15NO5S. The van der Waals surface area contributed by atoms with Crippen LogP contribution < -0.4 is 10.1 Å². The summed E-state index contributed by atoms with van der Waals surface area (Å²) in [6.07, 6.45) is 0. The van der Waals surface area contributed by atoms with Gasteiger partial charge in [-0.05, 0) is 6.92 Å². The monoisotopic (exact) mass is 285 g/mol. The first-order valence-corrected chi connectivity index (χ1v) is 6.60. The van der Waals surface area contributed by atoms with Crippen LogP contribution in [0.5, 0.6) is 5.75 Å². The fraction of sp³-hybridized carbons (Fsp3) is 0.500. The van der Waals surface area contributed by atoms with Crippen LogP contribution in [0, 0.1) is 5.41 Å². The van der Waals surface area contributed by atoms with Crippen molar-refractivity contribution in [2.24, 2.45) is 5.41 Å². The maximum absolute atomic E-state index is 12.0. The van der Waals surface area contributed by atoms with Gasteiger partial charge in [-0.3, -0.25) is 9.59 Å². The minimum atomic E-state index is -1.09. The van der Waals surface area contributed by atoms with Crippen molar-refractivity contribution in [2.45, 2.75) is 13.0 Å². The number of carboxylic acid groups (broad SMARTS) is 1. The molecule has 0 saturated carbocycles. The fourth-order valence-corrected chi connectivity index (χ4v) is 2.62. The highest BCUT2D eigenvalue weighted by molar-refractivity contribution is 7.12. The van der Waals surface area contributed by atoms with E-state index in [1.807, 2.05) is 0 Å². The number of amides is 1. The third-order valence-corrected chi connectivity index (χ3v) is 4.19. The van der Waals surface area contributed by atoms with E-state index in [-0.39, 0.29) is 19.1 Å². The van der Waals surface area contributed by atoms with Gasteiger partial charge in [-0.2, -0.15) is 0 Å². The molecule has 2 N–H and O–H groups in total. The molecule has 2 unspecified atom stereocenters. The van der Waals surface area contributed by atoms with Gasteiger partial charge in [0.2, 0.25) is 0 Å². The van der Waals surface area contributed by atoms with Crippen LogP contribution in [-0.4, -0.2) is 43.3 Å². The van der Waals surface area contributed by atoms with Crippen molar-refractivity contribution in [3.63, 3.8) is 0 Å². The molecule has 1 saturated heterocycles. The van der Waals surface area contributed by atoms with Crippen molar-refractivity contribution in [2.75, 3.05) is 20.3 Å². The Morgan fingerprint density at radius 3 is 2.95 bits per heavy atom. The van der Waals surface area contributed by atoms with Gasteiger partial charge in [0.1, 0.15) is 11.2 Å². The lowest BCUT2D eigenvalue weighted by Gasteiger charge is -2.25. The van der Waals surface area contributed by atoms with Crippen LogP contribution in [0.4, 0.5) is 0 Å². The van der Waals surface area contributed by atoms with Crippen molar-refractivity contribution in [3.8, 4) is 5.75 Å². The highest BCUT2D eigenvalue weighted by Crippen LogP contribution is 2.29. The second-order valence-corrected chi connectivity index (χ2v) is 5.53. The van der Waals surface area contributed by atoms with Crippen LogP contribution in [-0.2, 0) is 9.53 Å². The molecule has 0 aromatic carbocycles. The van der Waals surface area contributed by atoms with Crippen LogP contribution in [0.15, 0.2) is 11.4 Å². The Morgan fingerprint density at radius 1 is 1.63 bits per heavy atom. The molecule has 1 aromatic heterocycles.